The molecule has 35 heavy (non-hydrogen) atoms. The zero-order valence-electron chi connectivity index (χ0n) is 19.2. The molecule has 0 fully saturated rings. The zero-order chi connectivity index (χ0) is 25.6. The smallest absolute Gasteiger partial charge is 0.305 e. The standard InChI is InChI=1S/C24H27Br2N3O5S/c1-16-13-18(25)14-19(26)23(16)34-15-21(31)28-29-24(35)27-20(30)10-5-11-22(32)33-12-6-9-17-7-3-2-4-8-17/h2-4,7-8,13-14H,5-6,9-12,15H2,1H3,(H,28,31)(H2,27,29,30,35). The molecule has 0 saturated heterocycles. The van der Waals surface area contributed by atoms with Gasteiger partial charge in [0.05, 0.1) is 11.1 Å². The highest BCUT2D eigenvalue weighted by Crippen LogP contribution is 2.32. The number of amides is 2. The lowest BCUT2D eigenvalue weighted by Crippen LogP contribution is -2.49. The van der Waals surface area contributed by atoms with Crippen LogP contribution in [0.2, 0.25) is 0 Å². The SMILES string of the molecule is Cc1cc(Br)cc(Br)c1OCC(=O)NNC(=S)NC(=O)CCCC(=O)OCCCc1ccccc1. The number of carbonyl (C=O) groups excluding carboxylic acids is 3. The van der Waals surface area contributed by atoms with Gasteiger partial charge in [0.25, 0.3) is 5.91 Å². The highest BCUT2D eigenvalue weighted by molar-refractivity contribution is 9.11. The molecule has 0 radical (unpaired) electrons. The van der Waals surface area contributed by atoms with Crippen molar-refractivity contribution < 1.29 is 23.9 Å². The Labute approximate surface area is 226 Å². The summed E-state index contributed by atoms with van der Waals surface area (Å²) >= 11 is 11.8. The number of hydrogen-bond acceptors (Lipinski definition) is 6. The second-order valence-corrected chi connectivity index (χ2v) is 9.71. The van der Waals surface area contributed by atoms with Crippen LogP contribution in [-0.4, -0.2) is 36.1 Å². The van der Waals surface area contributed by atoms with E-state index < -0.39 is 5.91 Å². The number of carbonyl (C=O) groups is 3. The first-order valence-electron chi connectivity index (χ1n) is 10.9. The highest BCUT2D eigenvalue weighted by Gasteiger charge is 2.11. The van der Waals surface area contributed by atoms with Crippen LogP contribution in [0.4, 0.5) is 0 Å². The van der Waals surface area contributed by atoms with Crippen molar-refractivity contribution in [2.24, 2.45) is 0 Å². The molecule has 3 N–H and O–H groups in total. The van der Waals surface area contributed by atoms with Crippen molar-refractivity contribution in [1.29, 1.82) is 0 Å². The lowest BCUT2D eigenvalue weighted by Gasteiger charge is -2.13. The zero-order valence-corrected chi connectivity index (χ0v) is 23.2. The van der Waals surface area contributed by atoms with E-state index in [1.54, 1.807) is 0 Å². The minimum atomic E-state index is -0.481. The molecule has 0 saturated carbocycles. The molecule has 11 heteroatoms. The molecule has 0 unspecified atom stereocenters. The molecular weight excluding hydrogens is 602 g/mol. The van der Waals surface area contributed by atoms with Crippen molar-refractivity contribution >= 4 is 67.0 Å². The van der Waals surface area contributed by atoms with Gasteiger partial charge >= 0.3 is 5.97 Å². The first-order valence-corrected chi connectivity index (χ1v) is 12.9. The van der Waals surface area contributed by atoms with E-state index in [2.05, 4.69) is 48.0 Å². The summed E-state index contributed by atoms with van der Waals surface area (Å²) in [5.41, 5.74) is 6.85. The van der Waals surface area contributed by atoms with Crippen LogP contribution in [0, 0.1) is 6.92 Å². The van der Waals surface area contributed by atoms with Gasteiger partial charge in [-0.15, -0.1) is 0 Å². The topological polar surface area (TPSA) is 106 Å². The summed E-state index contributed by atoms with van der Waals surface area (Å²) in [4.78, 5) is 35.8. The van der Waals surface area contributed by atoms with Crippen molar-refractivity contribution in [2.45, 2.75) is 39.0 Å². The fourth-order valence-electron chi connectivity index (χ4n) is 2.96. The van der Waals surface area contributed by atoms with Gasteiger partial charge < -0.3 is 14.8 Å². The van der Waals surface area contributed by atoms with Crippen LogP contribution >= 0.6 is 44.1 Å². The van der Waals surface area contributed by atoms with Gasteiger partial charge in [-0.1, -0.05) is 46.3 Å². The maximum absolute atomic E-state index is 12.0. The minimum absolute atomic E-state index is 0.0622. The molecular formula is C24H27Br2N3O5S. The summed E-state index contributed by atoms with van der Waals surface area (Å²) in [5.74, 6) is -0.648. The Kier molecular flexibility index (Phi) is 12.7. The third-order valence-corrected chi connectivity index (χ3v) is 5.86. The normalized spacial score (nSPS) is 10.3. The van der Waals surface area contributed by atoms with Crippen LogP contribution in [0.25, 0.3) is 0 Å². The van der Waals surface area contributed by atoms with E-state index in [-0.39, 0.29) is 36.4 Å². The summed E-state index contributed by atoms with van der Waals surface area (Å²) in [6, 6.07) is 13.6. The van der Waals surface area contributed by atoms with Crippen molar-refractivity contribution in [1.82, 2.24) is 16.2 Å². The Morgan fingerprint density at radius 3 is 2.43 bits per heavy atom. The molecule has 2 rings (SSSR count). The summed E-state index contributed by atoms with van der Waals surface area (Å²) in [6.45, 7) is 1.95. The van der Waals surface area contributed by atoms with Crippen molar-refractivity contribution in [3.63, 3.8) is 0 Å². The second kappa shape index (κ2) is 15.5. The number of halogens is 2. The number of esters is 1. The van der Waals surface area contributed by atoms with Crippen molar-refractivity contribution in [3.8, 4) is 5.75 Å². The monoisotopic (exact) mass is 627 g/mol. The minimum Gasteiger partial charge on any atom is -0.482 e. The Bertz CT molecular complexity index is 1010. The third kappa shape index (κ3) is 11.7. The number of benzene rings is 2. The van der Waals surface area contributed by atoms with Gasteiger partial charge in [-0.25, -0.2) is 0 Å². The Morgan fingerprint density at radius 2 is 1.71 bits per heavy atom. The van der Waals surface area contributed by atoms with E-state index in [4.69, 9.17) is 21.7 Å². The molecule has 2 aromatic rings. The van der Waals surface area contributed by atoms with E-state index in [0.717, 1.165) is 22.9 Å². The fourth-order valence-corrected chi connectivity index (χ4v) is 4.68. The number of hydrazine groups is 1. The quantitative estimate of drug-likeness (QED) is 0.148. The van der Waals surface area contributed by atoms with E-state index in [1.807, 2.05) is 49.4 Å². The Hall–Kier alpha value is -2.50. The molecule has 2 amide bonds. The molecule has 0 bridgehead atoms. The summed E-state index contributed by atoms with van der Waals surface area (Å²) in [5, 5.41) is 2.38. The number of nitrogens with one attached hydrogen (secondary N) is 3. The first-order chi connectivity index (χ1) is 16.7. The van der Waals surface area contributed by atoms with Crippen LogP contribution in [0.5, 0.6) is 5.75 Å². The number of rotatable bonds is 11. The molecule has 0 aromatic heterocycles. The third-order valence-electron chi connectivity index (χ3n) is 4.61. The van der Waals surface area contributed by atoms with Crippen molar-refractivity contribution in [2.75, 3.05) is 13.2 Å². The van der Waals surface area contributed by atoms with Gasteiger partial charge in [-0.05, 0) is 77.6 Å². The summed E-state index contributed by atoms with van der Waals surface area (Å²) < 4.78 is 12.3. The summed E-state index contributed by atoms with van der Waals surface area (Å²) in [6.07, 6.45) is 2.14. The average Bonchev–Trinajstić information content (AvgIpc) is 2.80. The molecule has 188 valence electrons. The van der Waals surface area contributed by atoms with Crippen LogP contribution in [0.15, 0.2) is 51.4 Å². The molecule has 0 atom stereocenters. The fraction of sp³-hybridized carbons (Fsp3) is 0.333. The van der Waals surface area contributed by atoms with Crippen LogP contribution < -0.4 is 20.9 Å². The van der Waals surface area contributed by atoms with Crippen LogP contribution in [0.1, 0.15) is 36.8 Å². The lowest BCUT2D eigenvalue weighted by atomic mass is 10.1. The lowest BCUT2D eigenvalue weighted by molar-refractivity contribution is -0.143. The average molecular weight is 629 g/mol. The molecule has 2 aromatic carbocycles. The largest absolute Gasteiger partial charge is 0.482 e. The number of hydrogen-bond donors (Lipinski definition) is 3. The van der Waals surface area contributed by atoms with Gasteiger partial charge in [-0.3, -0.25) is 25.2 Å². The van der Waals surface area contributed by atoms with Gasteiger partial charge in [0.1, 0.15) is 5.75 Å². The maximum atomic E-state index is 12.0. The van der Waals surface area contributed by atoms with Crippen LogP contribution in [-0.2, 0) is 25.5 Å². The van der Waals surface area contributed by atoms with E-state index in [9.17, 15) is 14.4 Å². The van der Waals surface area contributed by atoms with Crippen LogP contribution in [0.3, 0.4) is 0 Å². The Morgan fingerprint density at radius 1 is 0.971 bits per heavy atom. The predicted molar refractivity (Wildman–Crippen MR) is 144 cm³/mol. The van der Waals surface area contributed by atoms with Crippen molar-refractivity contribution in [3.05, 3.63) is 62.5 Å². The molecule has 0 aliphatic carbocycles. The Balaban J connectivity index is 1.54. The molecule has 0 spiro atoms. The maximum Gasteiger partial charge on any atom is 0.305 e. The summed E-state index contributed by atoms with van der Waals surface area (Å²) in [7, 11) is 0. The van der Waals surface area contributed by atoms with Gasteiger partial charge in [0.2, 0.25) is 5.91 Å². The van der Waals surface area contributed by atoms with Gasteiger partial charge in [0, 0.05) is 17.3 Å². The number of aryl methyl sites for hydroxylation is 2. The highest BCUT2D eigenvalue weighted by atomic mass is 79.9. The predicted octanol–water partition coefficient (Wildman–Crippen LogP) is 4.27. The van der Waals surface area contributed by atoms with E-state index in [1.165, 1.54) is 5.56 Å². The first kappa shape index (κ1) is 28.7. The number of thiocarbonyl (C=S) groups is 1. The van der Waals surface area contributed by atoms with E-state index in [0.29, 0.717) is 23.2 Å². The van der Waals surface area contributed by atoms with Gasteiger partial charge in [-0.2, -0.15) is 0 Å². The molecule has 0 heterocycles. The molecule has 0 aliphatic heterocycles. The molecule has 0 aliphatic rings. The van der Waals surface area contributed by atoms with E-state index >= 15 is 0 Å². The number of ether oxygens (including phenoxy) is 2. The second-order valence-electron chi connectivity index (χ2n) is 7.54. The van der Waals surface area contributed by atoms with Gasteiger partial charge in [0.15, 0.2) is 11.7 Å². The molecule has 8 nitrogen and oxygen atoms in total.